The van der Waals surface area contributed by atoms with Crippen LogP contribution in [0.3, 0.4) is 0 Å². The lowest BCUT2D eigenvalue weighted by Crippen LogP contribution is -3.12. The molecule has 2 fully saturated rings. The normalized spacial score (nSPS) is 19.7. The number of sulfonamides is 1. The first-order valence-electron chi connectivity index (χ1n) is 9.20. The smallest absolute Gasteiger partial charge is 0.260 e. The fourth-order valence-corrected chi connectivity index (χ4v) is 4.99. The van der Waals surface area contributed by atoms with Crippen molar-refractivity contribution in [2.45, 2.75) is 24.7 Å². The number of rotatable bonds is 5. The molecule has 3 rings (SSSR count). The predicted octanol–water partition coefficient (Wildman–Crippen LogP) is -0.485. The van der Waals surface area contributed by atoms with Crippen molar-refractivity contribution in [2.24, 2.45) is 0 Å². The van der Waals surface area contributed by atoms with Gasteiger partial charge in [0.2, 0.25) is 10.0 Å². The van der Waals surface area contributed by atoms with Crippen molar-refractivity contribution in [3.8, 4) is 5.75 Å². The second kappa shape index (κ2) is 7.94. The molecule has 2 saturated heterocycles. The van der Waals surface area contributed by atoms with Crippen molar-refractivity contribution in [2.75, 3.05) is 52.9 Å². The van der Waals surface area contributed by atoms with Crippen LogP contribution in [0.25, 0.3) is 0 Å². The third kappa shape index (κ3) is 4.19. The zero-order chi connectivity index (χ0) is 18.7. The summed E-state index contributed by atoms with van der Waals surface area (Å²) in [5.74, 6) is 0.532. The highest BCUT2D eigenvalue weighted by Crippen LogP contribution is 2.26. The van der Waals surface area contributed by atoms with Gasteiger partial charge in [-0.05, 0) is 43.5 Å². The van der Waals surface area contributed by atoms with Crippen LogP contribution in [0.2, 0.25) is 0 Å². The number of likely N-dealkylation sites (N-methyl/N-ethyl adjacent to an activating group) is 1. The van der Waals surface area contributed by atoms with Crippen molar-refractivity contribution in [1.82, 2.24) is 9.21 Å². The molecule has 2 aliphatic heterocycles. The summed E-state index contributed by atoms with van der Waals surface area (Å²) >= 11 is 0. The van der Waals surface area contributed by atoms with E-state index in [1.54, 1.807) is 18.2 Å². The zero-order valence-corrected chi connectivity index (χ0v) is 16.3. The van der Waals surface area contributed by atoms with Gasteiger partial charge in [-0.3, -0.25) is 4.79 Å². The molecular weight excluding hydrogens is 354 g/mol. The lowest BCUT2D eigenvalue weighted by atomic mass is 10.2. The molecule has 8 heteroatoms. The van der Waals surface area contributed by atoms with E-state index in [2.05, 4.69) is 7.05 Å². The van der Waals surface area contributed by atoms with Gasteiger partial charge < -0.3 is 14.5 Å². The number of piperazine rings is 1. The Morgan fingerprint density at radius 1 is 1.15 bits per heavy atom. The van der Waals surface area contributed by atoms with Crippen LogP contribution < -0.4 is 9.64 Å². The van der Waals surface area contributed by atoms with Gasteiger partial charge in [-0.15, -0.1) is 0 Å². The minimum absolute atomic E-state index is 0.0158. The van der Waals surface area contributed by atoms with Crippen LogP contribution in [0.15, 0.2) is 23.1 Å². The van der Waals surface area contributed by atoms with Crippen molar-refractivity contribution in [1.29, 1.82) is 0 Å². The Hall–Kier alpha value is -1.64. The highest BCUT2D eigenvalue weighted by atomic mass is 32.2. The van der Waals surface area contributed by atoms with E-state index in [9.17, 15) is 13.2 Å². The van der Waals surface area contributed by atoms with Gasteiger partial charge in [0.25, 0.3) is 5.91 Å². The summed E-state index contributed by atoms with van der Waals surface area (Å²) in [4.78, 5) is 15.8. The fraction of sp³-hybridized carbons (Fsp3) is 0.611. The zero-order valence-electron chi connectivity index (χ0n) is 15.5. The third-order valence-electron chi connectivity index (χ3n) is 5.17. The minimum atomic E-state index is -3.43. The van der Waals surface area contributed by atoms with Gasteiger partial charge in [0.05, 0.1) is 38.1 Å². The average molecular weight is 383 g/mol. The van der Waals surface area contributed by atoms with E-state index in [1.807, 2.05) is 11.8 Å². The molecule has 0 aliphatic carbocycles. The Morgan fingerprint density at radius 3 is 2.42 bits per heavy atom. The summed E-state index contributed by atoms with van der Waals surface area (Å²) in [5, 5.41) is 0. The lowest BCUT2D eigenvalue weighted by molar-refractivity contribution is -0.883. The largest absolute Gasteiger partial charge is 0.483 e. The van der Waals surface area contributed by atoms with Gasteiger partial charge >= 0.3 is 0 Å². The van der Waals surface area contributed by atoms with E-state index in [0.717, 1.165) is 44.6 Å². The van der Waals surface area contributed by atoms with Crippen LogP contribution in [-0.2, 0) is 14.8 Å². The maximum atomic E-state index is 12.6. The van der Waals surface area contributed by atoms with Gasteiger partial charge in [-0.25, -0.2) is 8.42 Å². The summed E-state index contributed by atoms with van der Waals surface area (Å²) in [6.07, 6.45) is 1.82. The second-order valence-corrected chi connectivity index (χ2v) is 9.10. The summed E-state index contributed by atoms with van der Waals surface area (Å²) in [6.45, 7) is 6.36. The van der Waals surface area contributed by atoms with Crippen LogP contribution in [0, 0.1) is 6.92 Å². The van der Waals surface area contributed by atoms with E-state index in [-0.39, 0.29) is 17.4 Å². The second-order valence-electron chi connectivity index (χ2n) is 7.17. The van der Waals surface area contributed by atoms with E-state index < -0.39 is 10.0 Å². The molecule has 0 atom stereocenters. The number of aryl methyl sites for hydroxylation is 1. The van der Waals surface area contributed by atoms with E-state index in [0.29, 0.717) is 18.8 Å². The molecule has 1 aromatic carbocycles. The van der Waals surface area contributed by atoms with E-state index >= 15 is 0 Å². The molecule has 26 heavy (non-hydrogen) atoms. The Labute approximate surface area is 155 Å². The first-order chi connectivity index (χ1) is 12.4. The standard InChI is InChI=1S/C18H27N3O4S/c1-15-13-16(26(23,24)21-7-3-4-8-21)5-6-17(15)25-14-18(22)20-11-9-19(2)10-12-20/h5-6,13H,3-4,7-12,14H2,1-2H3/p+1. The molecule has 0 aromatic heterocycles. The fourth-order valence-electron chi connectivity index (χ4n) is 3.39. The summed E-state index contributed by atoms with van der Waals surface area (Å²) < 4.78 is 32.4. The Balaban J connectivity index is 1.62. The van der Waals surface area contributed by atoms with Crippen LogP contribution >= 0.6 is 0 Å². The molecule has 1 amide bonds. The maximum absolute atomic E-state index is 12.6. The van der Waals surface area contributed by atoms with Crippen LogP contribution in [-0.4, -0.2) is 76.5 Å². The van der Waals surface area contributed by atoms with Crippen LogP contribution in [0.4, 0.5) is 0 Å². The van der Waals surface area contributed by atoms with Gasteiger partial charge in [0.15, 0.2) is 6.61 Å². The quantitative estimate of drug-likeness (QED) is 0.746. The number of amides is 1. The summed E-state index contributed by atoms with van der Waals surface area (Å²) in [6, 6.07) is 4.85. The molecule has 0 radical (unpaired) electrons. The first-order valence-corrected chi connectivity index (χ1v) is 10.6. The number of hydrogen-bond donors (Lipinski definition) is 1. The number of carbonyl (C=O) groups excluding carboxylic acids is 1. The van der Waals surface area contributed by atoms with Crippen LogP contribution in [0.1, 0.15) is 18.4 Å². The van der Waals surface area contributed by atoms with Crippen LogP contribution in [0.5, 0.6) is 5.75 Å². The maximum Gasteiger partial charge on any atom is 0.260 e. The molecule has 0 spiro atoms. The number of benzene rings is 1. The van der Waals surface area contributed by atoms with Crippen molar-refractivity contribution >= 4 is 15.9 Å². The van der Waals surface area contributed by atoms with Crippen molar-refractivity contribution in [3.05, 3.63) is 23.8 Å². The number of nitrogens with one attached hydrogen (secondary N) is 1. The monoisotopic (exact) mass is 382 g/mol. The molecule has 0 unspecified atom stereocenters. The van der Waals surface area contributed by atoms with Crippen molar-refractivity contribution in [3.63, 3.8) is 0 Å². The average Bonchev–Trinajstić information content (AvgIpc) is 3.16. The van der Waals surface area contributed by atoms with Crippen molar-refractivity contribution < 1.29 is 22.8 Å². The molecule has 7 nitrogen and oxygen atoms in total. The van der Waals surface area contributed by atoms with Gasteiger partial charge in [0, 0.05) is 13.1 Å². The topological polar surface area (TPSA) is 71.4 Å². The third-order valence-corrected chi connectivity index (χ3v) is 7.06. The minimum Gasteiger partial charge on any atom is -0.483 e. The van der Waals surface area contributed by atoms with Gasteiger partial charge in [-0.1, -0.05) is 0 Å². The number of nitrogens with zero attached hydrogens (tertiary/aromatic N) is 2. The lowest BCUT2D eigenvalue weighted by Gasteiger charge is -2.30. The Kier molecular flexibility index (Phi) is 5.84. The SMILES string of the molecule is Cc1cc(S(=O)(=O)N2CCCC2)ccc1OCC(=O)N1CC[NH+](C)CC1. The number of carbonyl (C=O) groups is 1. The Morgan fingerprint density at radius 2 is 1.81 bits per heavy atom. The summed E-state index contributed by atoms with van der Waals surface area (Å²) in [7, 11) is -1.31. The van der Waals surface area contributed by atoms with Gasteiger partial charge in [0.1, 0.15) is 5.75 Å². The molecule has 144 valence electrons. The highest BCUT2D eigenvalue weighted by Gasteiger charge is 2.27. The molecule has 1 N–H and O–H groups in total. The molecule has 1 aromatic rings. The molecule has 2 heterocycles. The van der Waals surface area contributed by atoms with E-state index in [1.165, 1.54) is 9.21 Å². The number of quaternary nitrogens is 1. The predicted molar refractivity (Wildman–Crippen MR) is 97.9 cm³/mol. The Bertz CT molecular complexity index is 752. The van der Waals surface area contributed by atoms with E-state index in [4.69, 9.17) is 4.74 Å². The molecular formula is C18H28N3O4S+. The molecule has 2 aliphatic rings. The van der Waals surface area contributed by atoms with Gasteiger partial charge in [-0.2, -0.15) is 4.31 Å². The summed E-state index contributed by atoms with van der Waals surface area (Å²) in [5.41, 5.74) is 0.723. The first kappa shape index (κ1) is 19.1. The number of ether oxygens (including phenoxy) is 1. The highest BCUT2D eigenvalue weighted by molar-refractivity contribution is 7.89. The molecule has 0 saturated carbocycles. The number of hydrogen-bond acceptors (Lipinski definition) is 4. The molecule has 0 bridgehead atoms.